The number of alkyl carbamates (subject to hydrolysis) is 1. The minimum Gasteiger partial charge on any atom is -0.444 e. The summed E-state index contributed by atoms with van der Waals surface area (Å²) in [5.74, 6) is 1.37. The van der Waals surface area contributed by atoms with E-state index >= 15 is 0 Å². The molecule has 1 saturated carbocycles. The van der Waals surface area contributed by atoms with E-state index in [-0.39, 0.29) is 12.6 Å². The van der Waals surface area contributed by atoms with E-state index in [2.05, 4.69) is 16.6 Å². The lowest BCUT2D eigenvalue weighted by atomic mass is 9.93. The minimum atomic E-state index is -1.39. The molecule has 1 aliphatic rings. The molecule has 2 atom stereocenters. The molecular formula is C26H37N3O6. The highest BCUT2D eigenvalue weighted by atomic mass is 16.6. The average molecular weight is 488 g/mol. The summed E-state index contributed by atoms with van der Waals surface area (Å²) in [6, 6.07) is 4.18. The fourth-order valence-electron chi connectivity index (χ4n) is 4.15. The summed E-state index contributed by atoms with van der Waals surface area (Å²) in [7, 11) is 0. The third kappa shape index (κ3) is 8.26. The van der Waals surface area contributed by atoms with Gasteiger partial charge in [-0.15, -0.1) is 6.42 Å². The molecule has 1 aromatic carbocycles. The first kappa shape index (κ1) is 28.1. The van der Waals surface area contributed by atoms with E-state index in [1.807, 2.05) is 0 Å². The van der Waals surface area contributed by atoms with Crippen molar-refractivity contribution >= 4 is 17.9 Å². The van der Waals surface area contributed by atoms with E-state index in [0.29, 0.717) is 11.1 Å². The van der Waals surface area contributed by atoms with Crippen LogP contribution >= 0.6 is 0 Å². The third-order valence-corrected chi connectivity index (χ3v) is 5.72. The number of ether oxygens (including phenoxy) is 1. The van der Waals surface area contributed by atoms with E-state index in [0.717, 1.165) is 37.0 Å². The molecule has 0 spiro atoms. The minimum absolute atomic E-state index is 0.0312. The van der Waals surface area contributed by atoms with Gasteiger partial charge in [-0.05, 0) is 45.2 Å². The molecule has 1 fully saturated rings. The van der Waals surface area contributed by atoms with Gasteiger partial charge in [0, 0.05) is 18.2 Å². The van der Waals surface area contributed by atoms with Crippen LogP contribution in [-0.2, 0) is 14.3 Å². The molecule has 0 bridgehead atoms. The quantitative estimate of drug-likeness (QED) is 0.394. The molecular weight excluding hydrogens is 450 g/mol. The molecule has 192 valence electrons. The monoisotopic (exact) mass is 487 g/mol. The number of carbonyl (C=O) groups excluding carboxylic acids is 3. The maximum absolute atomic E-state index is 13.6. The SMILES string of the molecule is C#Cc1ccccc1C(C(=O)NC1CCCCC1)N(CCO)C(=O)C(CO)NC(=O)OC(C)(C)C. The summed E-state index contributed by atoms with van der Waals surface area (Å²) in [6.45, 7) is 3.62. The highest BCUT2D eigenvalue weighted by Gasteiger charge is 2.37. The van der Waals surface area contributed by atoms with Gasteiger partial charge in [-0.3, -0.25) is 9.59 Å². The van der Waals surface area contributed by atoms with E-state index in [1.165, 1.54) is 0 Å². The first-order valence-electron chi connectivity index (χ1n) is 12.0. The van der Waals surface area contributed by atoms with Gasteiger partial charge in [-0.2, -0.15) is 0 Å². The molecule has 2 unspecified atom stereocenters. The van der Waals surface area contributed by atoms with Crippen molar-refractivity contribution in [3.05, 3.63) is 35.4 Å². The molecule has 3 amide bonds. The van der Waals surface area contributed by atoms with Crippen LogP contribution < -0.4 is 10.6 Å². The summed E-state index contributed by atoms with van der Waals surface area (Å²) < 4.78 is 5.20. The van der Waals surface area contributed by atoms with Crippen molar-refractivity contribution in [3.63, 3.8) is 0 Å². The van der Waals surface area contributed by atoms with Crippen LogP contribution in [0.1, 0.15) is 70.0 Å². The Morgan fingerprint density at radius 3 is 2.40 bits per heavy atom. The summed E-state index contributed by atoms with van der Waals surface area (Å²) in [6.07, 6.45) is 9.58. The number of hydrogen-bond acceptors (Lipinski definition) is 6. The molecule has 4 N–H and O–H groups in total. The zero-order valence-corrected chi connectivity index (χ0v) is 20.8. The lowest BCUT2D eigenvalue weighted by Crippen LogP contribution is -2.55. The molecule has 0 radical (unpaired) electrons. The van der Waals surface area contributed by atoms with E-state index in [4.69, 9.17) is 11.2 Å². The first-order chi connectivity index (χ1) is 16.6. The van der Waals surface area contributed by atoms with Crippen molar-refractivity contribution in [2.24, 2.45) is 0 Å². The normalized spacial score (nSPS) is 15.9. The highest BCUT2D eigenvalue weighted by molar-refractivity contribution is 5.92. The summed E-state index contributed by atoms with van der Waals surface area (Å²) in [5.41, 5.74) is 0.0262. The van der Waals surface area contributed by atoms with Gasteiger partial charge in [-0.25, -0.2) is 4.79 Å². The molecule has 35 heavy (non-hydrogen) atoms. The van der Waals surface area contributed by atoms with Crippen LogP contribution in [-0.4, -0.2) is 70.5 Å². The van der Waals surface area contributed by atoms with Gasteiger partial charge in [0.25, 0.3) is 0 Å². The van der Waals surface area contributed by atoms with Crippen molar-refractivity contribution < 1.29 is 29.3 Å². The van der Waals surface area contributed by atoms with Crippen LogP contribution in [0, 0.1) is 12.3 Å². The first-order valence-corrected chi connectivity index (χ1v) is 12.0. The van der Waals surface area contributed by atoms with E-state index in [9.17, 15) is 24.6 Å². The van der Waals surface area contributed by atoms with Crippen LogP contribution in [0.5, 0.6) is 0 Å². The van der Waals surface area contributed by atoms with Crippen LogP contribution in [0.3, 0.4) is 0 Å². The van der Waals surface area contributed by atoms with Crippen molar-refractivity contribution in [2.45, 2.75) is 76.6 Å². The lowest BCUT2D eigenvalue weighted by molar-refractivity contribution is -0.144. The second kappa shape index (κ2) is 13.1. The largest absolute Gasteiger partial charge is 0.444 e. The third-order valence-electron chi connectivity index (χ3n) is 5.72. The standard InChI is InChI=1S/C26H37N3O6/c1-5-18-11-9-10-14-20(18)22(23(32)27-19-12-7-6-8-13-19)29(15-16-30)24(33)21(17-31)28-25(34)35-26(2,3)4/h1,9-11,14,19,21-22,30-31H,6-8,12-13,15-17H2,2-4H3,(H,27,32)(H,28,34). The Morgan fingerprint density at radius 2 is 1.83 bits per heavy atom. The number of terminal acetylenes is 1. The molecule has 0 saturated heterocycles. The van der Waals surface area contributed by atoms with E-state index < -0.39 is 48.8 Å². The summed E-state index contributed by atoms with van der Waals surface area (Å²) in [5, 5.41) is 25.1. The molecule has 0 heterocycles. The molecule has 0 aliphatic heterocycles. The van der Waals surface area contributed by atoms with Gasteiger partial charge in [0.15, 0.2) is 0 Å². The maximum atomic E-state index is 13.6. The molecule has 9 nitrogen and oxygen atoms in total. The number of aliphatic hydroxyl groups excluding tert-OH is 2. The Hall–Kier alpha value is -3.09. The van der Waals surface area contributed by atoms with E-state index in [1.54, 1.807) is 45.0 Å². The second-order valence-corrected chi connectivity index (χ2v) is 9.61. The Balaban J connectivity index is 2.41. The predicted octanol–water partition coefficient (Wildman–Crippen LogP) is 1.86. The van der Waals surface area contributed by atoms with Crippen molar-refractivity contribution in [1.29, 1.82) is 0 Å². The van der Waals surface area contributed by atoms with Crippen molar-refractivity contribution in [2.75, 3.05) is 19.8 Å². The van der Waals surface area contributed by atoms with Crippen LogP contribution in [0.15, 0.2) is 24.3 Å². The highest BCUT2D eigenvalue weighted by Crippen LogP contribution is 2.27. The summed E-state index contributed by atoms with van der Waals surface area (Å²) in [4.78, 5) is 40.5. The van der Waals surface area contributed by atoms with Gasteiger partial charge in [0.05, 0.1) is 13.2 Å². The number of hydrogen-bond donors (Lipinski definition) is 4. The number of rotatable bonds is 9. The van der Waals surface area contributed by atoms with Gasteiger partial charge in [0.1, 0.15) is 17.7 Å². The predicted molar refractivity (Wildman–Crippen MR) is 131 cm³/mol. The number of aliphatic hydroxyl groups is 2. The van der Waals surface area contributed by atoms with Gasteiger partial charge < -0.3 is 30.5 Å². The smallest absolute Gasteiger partial charge is 0.408 e. The second-order valence-electron chi connectivity index (χ2n) is 9.61. The molecule has 0 aromatic heterocycles. The average Bonchev–Trinajstić information content (AvgIpc) is 2.81. The topological polar surface area (TPSA) is 128 Å². The fourth-order valence-corrected chi connectivity index (χ4v) is 4.15. The molecule has 1 aliphatic carbocycles. The van der Waals surface area contributed by atoms with Crippen LogP contribution in [0.2, 0.25) is 0 Å². The van der Waals surface area contributed by atoms with Gasteiger partial charge in [-0.1, -0.05) is 43.4 Å². The zero-order chi connectivity index (χ0) is 26.0. The van der Waals surface area contributed by atoms with Crippen LogP contribution in [0.4, 0.5) is 4.79 Å². The van der Waals surface area contributed by atoms with Crippen LogP contribution in [0.25, 0.3) is 0 Å². The number of nitrogens with zero attached hydrogens (tertiary/aromatic N) is 1. The number of nitrogens with one attached hydrogen (secondary N) is 2. The Bertz CT molecular complexity index is 914. The molecule has 2 rings (SSSR count). The van der Waals surface area contributed by atoms with Crippen molar-refractivity contribution in [1.82, 2.24) is 15.5 Å². The summed E-state index contributed by atoms with van der Waals surface area (Å²) >= 11 is 0. The number of carbonyl (C=O) groups is 3. The van der Waals surface area contributed by atoms with Gasteiger partial charge >= 0.3 is 6.09 Å². The Kier molecular flexibility index (Phi) is 10.6. The van der Waals surface area contributed by atoms with Crippen molar-refractivity contribution in [3.8, 4) is 12.3 Å². The molecule has 1 aromatic rings. The van der Waals surface area contributed by atoms with Gasteiger partial charge in [0.2, 0.25) is 11.8 Å². The Labute approximate surface area is 207 Å². The zero-order valence-electron chi connectivity index (χ0n) is 20.8. The lowest BCUT2D eigenvalue weighted by Gasteiger charge is -2.35. The number of amides is 3. The molecule has 9 heteroatoms. The maximum Gasteiger partial charge on any atom is 0.408 e. The Morgan fingerprint density at radius 1 is 1.17 bits per heavy atom. The number of benzene rings is 1. The fraction of sp³-hybridized carbons (Fsp3) is 0.577.